The average Bonchev–Trinajstić information content (AvgIpc) is 3.09. The van der Waals surface area contributed by atoms with Crippen molar-refractivity contribution in [3.05, 3.63) is 98.4 Å². The van der Waals surface area contributed by atoms with E-state index in [9.17, 15) is 23.2 Å². The molecule has 3 aromatic carbocycles. The van der Waals surface area contributed by atoms with Gasteiger partial charge in [0.2, 0.25) is 0 Å². The van der Waals surface area contributed by atoms with Crippen molar-refractivity contribution in [2.45, 2.75) is 6.54 Å². The van der Waals surface area contributed by atoms with Crippen LogP contribution in [0.2, 0.25) is 10.0 Å². The minimum Gasteiger partial charge on any atom is -0.482 e. The Bertz CT molecular complexity index is 1380. The van der Waals surface area contributed by atoms with Gasteiger partial charge in [-0.1, -0.05) is 47.5 Å². The number of benzene rings is 3. The summed E-state index contributed by atoms with van der Waals surface area (Å²) in [6.45, 7) is -0.707. The average molecular weight is 549 g/mol. The standard InChI is InChI=1S/C25H16Cl2F2N2O4S/c26-16-4-3-6-18(28)15(16)12-31-24(33)22(36-25(31)34)11-14-8-9-21(17(27)10-14)35-13-23(32)30-20-7-2-1-5-19(20)29/h1-11H,12-13H2,(H,30,32)/b22-11-. The first kappa shape index (κ1) is 25.7. The van der Waals surface area contributed by atoms with E-state index < -0.39 is 35.3 Å². The van der Waals surface area contributed by atoms with Crippen molar-refractivity contribution in [3.8, 4) is 5.75 Å². The molecule has 36 heavy (non-hydrogen) atoms. The monoisotopic (exact) mass is 548 g/mol. The van der Waals surface area contributed by atoms with Crippen LogP contribution in [0.15, 0.2) is 65.6 Å². The van der Waals surface area contributed by atoms with Crippen molar-refractivity contribution in [3.63, 3.8) is 0 Å². The van der Waals surface area contributed by atoms with Crippen LogP contribution in [-0.4, -0.2) is 28.6 Å². The molecular weight excluding hydrogens is 533 g/mol. The van der Waals surface area contributed by atoms with Crippen LogP contribution in [0.1, 0.15) is 11.1 Å². The summed E-state index contributed by atoms with van der Waals surface area (Å²) in [6, 6.07) is 14.4. The number of carbonyl (C=O) groups is 3. The van der Waals surface area contributed by atoms with Gasteiger partial charge in [0, 0.05) is 10.6 Å². The zero-order valence-corrected chi connectivity index (χ0v) is 20.6. The molecule has 0 aromatic heterocycles. The van der Waals surface area contributed by atoms with Gasteiger partial charge in [-0.3, -0.25) is 19.3 Å². The molecule has 1 aliphatic heterocycles. The quantitative estimate of drug-likeness (QED) is 0.340. The van der Waals surface area contributed by atoms with Gasteiger partial charge in [0.15, 0.2) is 6.61 Å². The number of nitrogens with one attached hydrogen (secondary N) is 1. The normalized spacial score (nSPS) is 14.4. The molecule has 0 radical (unpaired) electrons. The van der Waals surface area contributed by atoms with Crippen molar-refractivity contribution in [1.82, 2.24) is 4.90 Å². The number of anilines is 1. The largest absolute Gasteiger partial charge is 0.482 e. The number of imide groups is 1. The second-order valence-corrected chi connectivity index (χ2v) is 9.28. The lowest BCUT2D eigenvalue weighted by Crippen LogP contribution is -2.28. The summed E-state index contributed by atoms with van der Waals surface area (Å²) in [5.41, 5.74) is 0.572. The molecule has 1 aliphatic rings. The third-order valence-corrected chi connectivity index (χ3v) is 6.57. The number of hydrogen-bond donors (Lipinski definition) is 1. The number of rotatable bonds is 7. The summed E-state index contributed by atoms with van der Waals surface area (Å²) in [7, 11) is 0. The highest BCUT2D eigenvalue weighted by Crippen LogP contribution is 2.35. The lowest BCUT2D eigenvalue weighted by atomic mass is 10.2. The molecule has 184 valence electrons. The van der Waals surface area contributed by atoms with Crippen LogP contribution in [0.5, 0.6) is 5.75 Å². The van der Waals surface area contributed by atoms with Crippen LogP contribution in [0.25, 0.3) is 6.08 Å². The molecule has 4 rings (SSSR count). The van der Waals surface area contributed by atoms with Gasteiger partial charge in [-0.15, -0.1) is 0 Å². The van der Waals surface area contributed by atoms with E-state index in [1.54, 1.807) is 12.1 Å². The second-order valence-electron chi connectivity index (χ2n) is 7.47. The summed E-state index contributed by atoms with van der Waals surface area (Å²) in [4.78, 5) is 38.3. The fraction of sp³-hybridized carbons (Fsp3) is 0.0800. The van der Waals surface area contributed by atoms with Gasteiger partial charge in [-0.2, -0.15) is 0 Å². The van der Waals surface area contributed by atoms with Gasteiger partial charge in [-0.05, 0) is 59.8 Å². The Hall–Kier alpha value is -3.40. The molecule has 0 bridgehead atoms. The Morgan fingerprint density at radius 1 is 1.00 bits per heavy atom. The van der Waals surface area contributed by atoms with E-state index in [4.69, 9.17) is 27.9 Å². The summed E-state index contributed by atoms with van der Waals surface area (Å²) < 4.78 is 33.2. The van der Waals surface area contributed by atoms with E-state index in [1.807, 2.05) is 0 Å². The van der Waals surface area contributed by atoms with E-state index in [2.05, 4.69) is 5.32 Å². The van der Waals surface area contributed by atoms with E-state index in [1.165, 1.54) is 54.6 Å². The molecular formula is C25H16Cl2F2N2O4S. The van der Waals surface area contributed by atoms with Crippen LogP contribution in [-0.2, 0) is 16.1 Å². The van der Waals surface area contributed by atoms with E-state index in [0.29, 0.717) is 17.3 Å². The number of para-hydroxylation sites is 1. The maximum atomic E-state index is 14.1. The van der Waals surface area contributed by atoms with E-state index in [0.717, 1.165) is 4.90 Å². The van der Waals surface area contributed by atoms with Gasteiger partial charge in [-0.25, -0.2) is 8.78 Å². The van der Waals surface area contributed by atoms with Gasteiger partial charge in [0.25, 0.3) is 17.1 Å². The van der Waals surface area contributed by atoms with Crippen molar-refractivity contribution < 1.29 is 27.9 Å². The topological polar surface area (TPSA) is 75.7 Å². The Kier molecular flexibility index (Phi) is 7.93. The van der Waals surface area contributed by atoms with Gasteiger partial charge in [0.1, 0.15) is 17.4 Å². The molecule has 1 fully saturated rings. The van der Waals surface area contributed by atoms with E-state index >= 15 is 0 Å². The molecule has 6 nitrogen and oxygen atoms in total. The number of hydrogen-bond acceptors (Lipinski definition) is 5. The highest BCUT2D eigenvalue weighted by atomic mass is 35.5. The lowest BCUT2D eigenvalue weighted by molar-refractivity contribution is -0.123. The van der Waals surface area contributed by atoms with Gasteiger partial charge >= 0.3 is 0 Å². The fourth-order valence-electron chi connectivity index (χ4n) is 3.25. The van der Waals surface area contributed by atoms with Crippen LogP contribution < -0.4 is 10.1 Å². The number of thioether (sulfide) groups is 1. The molecule has 0 unspecified atom stereocenters. The predicted octanol–water partition coefficient (Wildman–Crippen LogP) is 6.53. The predicted molar refractivity (Wildman–Crippen MR) is 135 cm³/mol. The van der Waals surface area contributed by atoms with Crippen LogP contribution in [0.4, 0.5) is 19.3 Å². The number of carbonyl (C=O) groups excluding carboxylic acids is 3. The lowest BCUT2D eigenvalue weighted by Gasteiger charge is -2.14. The van der Waals surface area contributed by atoms with Crippen LogP contribution in [0, 0.1) is 11.6 Å². The second kappa shape index (κ2) is 11.1. The van der Waals surface area contributed by atoms with Crippen molar-refractivity contribution in [2.24, 2.45) is 0 Å². The van der Waals surface area contributed by atoms with Crippen molar-refractivity contribution >= 4 is 63.8 Å². The zero-order chi connectivity index (χ0) is 25.8. The molecule has 1 heterocycles. The molecule has 0 spiro atoms. The molecule has 3 aromatic rings. The highest BCUT2D eigenvalue weighted by molar-refractivity contribution is 8.18. The molecule has 1 N–H and O–H groups in total. The third-order valence-electron chi connectivity index (χ3n) is 5.01. The fourth-order valence-corrected chi connectivity index (χ4v) is 4.55. The molecule has 1 saturated heterocycles. The van der Waals surface area contributed by atoms with Crippen molar-refractivity contribution in [1.29, 1.82) is 0 Å². The van der Waals surface area contributed by atoms with Crippen molar-refractivity contribution in [2.75, 3.05) is 11.9 Å². The summed E-state index contributed by atoms with van der Waals surface area (Å²) in [5, 5.41) is 2.11. The number of nitrogens with zero attached hydrogens (tertiary/aromatic N) is 1. The summed E-state index contributed by atoms with van der Waals surface area (Å²) in [6.07, 6.45) is 1.47. The number of halogens is 4. The number of amides is 3. The summed E-state index contributed by atoms with van der Waals surface area (Å²) >= 11 is 13.0. The molecule has 0 saturated carbocycles. The molecule has 0 atom stereocenters. The van der Waals surface area contributed by atoms with Gasteiger partial charge < -0.3 is 10.1 Å². The highest BCUT2D eigenvalue weighted by Gasteiger charge is 2.36. The smallest absolute Gasteiger partial charge is 0.293 e. The Morgan fingerprint density at radius 3 is 2.47 bits per heavy atom. The Labute approximate surface area is 218 Å². The third kappa shape index (κ3) is 5.87. The molecule has 0 aliphatic carbocycles. The summed E-state index contributed by atoms with van der Waals surface area (Å²) in [5.74, 6) is -2.17. The van der Waals surface area contributed by atoms with Gasteiger partial charge in [0.05, 0.1) is 22.2 Å². The first-order valence-corrected chi connectivity index (χ1v) is 11.9. The maximum absolute atomic E-state index is 14.1. The van der Waals surface area contributed by atoms with Crippen LogP contribution in [0.3, 0.4) is 0 Å². The minimum atomic E-state index is -0.615. The minimum absolute atomic E-state index is 0.0266. The Morgan fingerprint density at radius 2 is 1.75 bits per heavy atom. The number of ether oxygens (including phenoxy) is 1. The maximum Gasteiger partial charge on any atom is 0.293 e. The van der Waals surface area contributed by atoms with E-state index in [-0.39, 0.29) is 38.5 Å². The SMILES string of the molecule is O=C(COc1ccc(/C=C2\SC(=O)N(Cc3c(F)cccc3Cl)C2=O)cc1Cl)Nc1ccccc1F. The first-order valence-electron chi connectivity index (χ1n) is 10.4. The van der Waals surface area contributed by atoms with Crippen LogP contribution >= 0.6 is 35.0 Å². The Balaban J connectivity index is 1.41. The zero-order valence-electron chi connectivity index (χ0n) is 18.3. The first-order chi connectivity index (χ1) is 17.2. The molecule has 3 amide bonds. The molecule has 11 heteroatoms.